The van der Waals surface area contributed by atoms with Crippen LogP contribution in [0, 0.1) is 6.92 Å². The Morgan fingerprint density at radius 2 is 2.05 bits per heavy atom. The van der Waals surface area contributed by atoms with E-state index in [9.17, 15) is 4.79 Å². The van der Waals surface area contributed by atoms with Gasteiger partial charge < -0.3 is 4.74 Å². The maximum atomic E-state index is 12.5. The molecule has 0 bridgehead atoms. The molecule has 1 fully saturated rings. The van der Waals surface area contributed by atoms with E-state index in [1.165, 1.54) is 0 Å². The molecule has 0 radical (unpaired) electrons. The van der Waals surface area contributed by atoms with E-state index in [0.29, 0.717) is 24.2 Å². The lowest BCUT2D eigenvalue weighted by Gasteiger charge is -2.26. The minimum atomic E-state index is -0.0160. The Balaban J connectivity index is 2.34. The van der Waals surface area contributed by atoms with Crippen LogP contribution >= 0.6 is 0 Å². The van der Waals surface area contributed by atoms with Gasteiger partial charge in [-0.3, -0.25) is 9.36 Å². The summed E-state index contributed by atoms with van der Waals surface area (Å²) in [6.45, 7) is 7.21. The molecule has 1 aliphatic rings. The smallest absolute Gasteiger partial charge is 0.264 e. The van der Waals surface area contributed by atoms with Gasteiger partial charge in [-0.05, 0) is 6.92 Å². The fourth-order valence-electron chi connectivity index (χ4n) is 2.48. The molecule has 0 amide bonds. The number of hydrogen-bond donors (Lipinski definition) is 0. The van der Waals surface area contributed by atoms with E-state index >= 15 is 0 Å². The van der Waals surface area contributed by atoms with Gasteiger partial charge in [0.25, 0.3) is 5.56 Å². The SMILES string of the molecule is Cc1nn(C2COC2)c2nc(C(C)C)n(C)c(=O)c12. The number of nitrogens with zero attached hydrogens (tertiary/aromatic N) is 4. The zero-order valence-corrected chi connectivity index (χ0v) is 11.7. The second-order valence-electron chi connectivity index (χ2n) is 5.41. The molecular weight excluding hydrogens is 244 g/mol. The molecule has 3 rings (SSSR count). The minimum Gasteiger partial charge on any atom is -0.377 e. The van der Waals surface area contributed by atoms with Crippen molar-refractivity contribution in [1.82, 2.24) is 19.3 Å². The molecule has 3 heterocycles. The lowest BCUT2D eigenvalue weighted by Crippen LogP contribution is -2.32. The third-order valence-electron chi connectivity index (χ3n) is 3.63. The van der Waals surface area contributed by atoms with E-state index in [2.05, 4.69) is 10.1 Å². The lowest BCUT2D eigenvalue weighted by atomic mass is 10.2. The van der Waals surface area contributed by atoms with Crippen LogP contribution in [0.5, 0.6) is 0 Å². The van der Waals surface area contributed by atoms with Crippen LogP contribution in [0.4, 0.5) is 0 Å². The van der Waals surface area contributed by atoms with Gasteiger partial charge in [0, 0.05) is 13.0 Å². The van der Waals surface area contributed by atoms with Gasteiger partial charge in [-0.15, -0.1) is 0 Å². The van der Waals surface area contributed by atoms with Gasteiger partial charge in [0.1, 0.15) is 17.3 Å². The Bertz CT molecular complexity index is 695. The number of aryl methyl sites for hydroxylation is 1. The van der Waals surface area contributed by atoms with E-state index in [4.69, 9.17) is 4.74 Å². The molecule has 6 heteroatoms. The van der Waals surface area contributed by atoms with Crippen molar-refractivity contribution in [3.63, 3.8) is 0 Å². The van der Waals surface area contributed by atoms with Crippen LogP contribution in [0.2, 0.25) is 0 Å². The molecule has 2 aromatic heterocycles. The largest absolute Gasteiger partial charge is 0.377 e. The number of fused-ring (bicyclic) bond motifs is 1. The van der Waals surface area contributed by atoms with Crippen molar-refractivity contribution in [3.05, 3.63) is 21.9 Å². The Morgan fingerprint density at radius 1 is 1.37 bits per heavy atom. The van der Waals surface area contributed by atoms with Gasteiger partial charge in [-0.1, -0.05) is 13.8 Å². The van der Waals surface area contributed by atoms with Gasteiger partial charge in [0.05, 0.1) is 18.9 Å². The monoisotopic (exact) mass is 262 g/mol. The molecule has 0 unspecified atom stereocenters. The number of aromatic nitrogens is 4. The normalized spacial score (nSPS) is 16.3. The summed E-state index contributed by atoms with van der Waals surface area (Å²) < 4.78 is 8.68. The van der Waals surface area contributed by atoms with E-state index in [1.807, 2.05) is 25.5 Å². The molecule has 19 heavy (non-hydrogen) atoms. The molecule has 0 atom stereocenters. The Labute approximate surface area is 111 Å². The third-order valence-corrected chi connectivity index (χ3v) is 3.63. The number of hydrogen-bond acceptors (Lipinski definition) is 4. The maximum Gasteiger partial charge on any atom is 0.264 e. The second kappa shape index (κ2) is 4.16. The summed E-state index contributed by atoms with van der Waals surface area (Å²) in [6, 6.07) is 0.204. The Kier molecular flexibility index (Phi) is 2.70. The standard InChI is InChI=1S/C13H18N4O2/c1-7(2)11-14-12-10(13(18)16(11)4)8(3)15-17(12)9-5-19-6-9/h7,9H,5-6H2,1-4H3. The van der Waals surface area contributed by atoms with E-state index in [1.54, 1.807) is 11.6 Å². The van der Waals surface area contributed by atoms with E-state index in [-0.39, 0.29) is 17.5 Å². The maximum absolute atomic E-state index is 12.5. The van der Waals surface area contributed by atoms with Crippen LogP contribution in [-0.4, -0.2) is 32.5 Å². The van der Waals surface area contributed by atoms with Crippen LogP contribution in [0.15, 0.2) is 4.79 Å². The van der Waals surface area contributed by atoms with Gasteiger partial charge in [0.2, 0.25) is 0 Å². The van der Waals surface area contributed by atoms with Crippen molar-refractivity contribution in [2.24, 2.45) is 7.05 Å². The van der Waals surface area contributed by atoms with Gasteiger partial charge in [-0.2, -0.15) is 5.10 Å². The average molecular weight is 262 g/mol. The molecule has 6 nitrogen and oxygen atoms in total. The van der Waals surface area contributed by atoms with Crippen LogP contribution < -0.4 is 5.56 Å². The quantitative estimate of drug-likeness (QED) is 0.814. The highest BCUT2D eigenvalue weighted by Gasteiger charge is 2.26. The Hall–Kier alpha value is -1.69. The molecule has 102 valence electrons. The summed E-state index contributed by atoms with van der Waals surface area (Å²) in [6.07, 6.45) is 0. The van der Waals surface area contributed by atoms with Crippen LogP contribution in [0.25, 0.3) is 11.0 Å². The first kappa shape index (κ1) is 12.3. The first-order valence-electron chi connectivity index (χ1n) is 6.54. The highest BCUT2D eigenvalue weighted by molar-refractivity contribution is 5.77. The summed E-state index contributed by atoms with van der Waals surface area (Å²) in [4.78, 5) is 17.1. The van der Waals surface area contributed by atoms with Crippen molar-refractivity contribution in [3.8, 4) is 0 Å². The molecule has 0 spiro atoms. The first-order chi connectivity index (χ1) is 9.00. The molecular formula is C13H18N4O2. The Morgan fingerprint density at radius 3 is 2.58 bits per heavy atom. The lowest BCUT2D eigenvalue weighted by molar-refractivity contribution is -0.0270. The summed E-state index contributed by atoms with van der Waals surface area (Å²) in [5, 5.41) is 5.10. The summed E-state index contributed by atoms with van der Waals surface area (Å²) in [7, 11) is 1.77. The van der Waals surface area contributed by atoms with E-state index < -0.39 is 0 Å². The molecule has 0 N–H and O–H groups in total. The molecule has 1 saturated heterocycles. The van der Waals surface area contributed by atoms with Gasteiger partial charge in [-0.25, -0.2) is 9.67 Å². The number of rotatable bonds is 2. The second-order valence-corrected chi connectivity index (χ2v) is 5.41. The molecule has 0 saturated carbocycles. The molecule has 0 aliphatic carbocycles. The summed E-state index contributed by atoms with van der Waals surface area (Å²) >= 11 is 0. The predicted octanol–water partition coefficient (Wildman–Crippen LogP) is 1.13. The predicted molar refractivity (Wildman–Crippen MR) is 71.5 cm³/mol. The fraction of sp³-hybridized carbons (Fsp3) is 0.615. The highest BCUT2D eigenvalue weighted by Crippen LogP contribution is 2.23. The van der Waals surface area contributed by atoms with Gasteiger partial charge >= 0.3 is 0 Å². The van der Waals surface area contributed by atoms with Crippen LogP contribution in [0.1, 0.15) is 37.3 Å². The van der Waals surface area contributed by atoms with Crippen LogP contribution in [-0.2, 0) is 11.8 Å². The molecule has 1 aliphatic heterocycles. The van der Waals surface area contributed by atoms with Crippen molar-refractivity contribution in [1.29, 1.82) is 0 Å². The third kappa shape index (κ3) is 1.70. The fourth-order valence-corrected chi connectivity index (χ4v) is 2.48. The van der Waals surface area contributed by atoms with Crippen molar-refractivity contribution < 1.29 is 4.74 Å². The molecule has 0 aromatic carbocycles. The van der Waals surface area contributed by atoms with Crippen molar-refractivity contribution in [2.45, 2.75) is 32.7 Å². The first-order valence-corrected chi connectivity index (χ1v) is 6.54. The van der Waals surface area contributed by atoms with Crippen molar-refractivity contribution in [2.75, 3.05) is 13.2 Å². The number of ether oxygens (including phenoxy) is 1. The molecule has 2 aromatic rings. The van der Waals surface area contributed by atoms with Gasteiger partial charge in [0.15, 0.2) is 5.65 Å². The summed E-state index contributed by atoms with van der Waals surface area (Å²) in [5.74, 6) is 0.988. The van der Waals surface area contributed by atoms with Crippen molar-refractivity contribution >= 4 is 11.0 Å². The topological polar surface area (TPSA) is 61.9 Å². The summed E-state index contributed by atoms with van der Waals surface area (Å²) in [5.41, 5.74) is 1.42. The zero-order chi connectivity index (χ0) is 13.7. The average Bonchev–Trinajstić information content (AvgIpc) is 2.58. The van der Waals surface area contributed by atoms with Crippen LogP contribution in [0.3, 0.4) is 0 Å². The van der Waals surface area contributed by atoms with E-state index in [0.717, 1.165) is 11.5 Å². The highest BCUT2D eigenvalue weighted by atomic mass is 16.5. The minimum absolute atomic E-state index is 0.0160. The zero-order valence-electron chi connectivity index (χ0n) is 11.7.